The van der Waals surface area contributed by atoms with Crippen LogP contribution in [0, 0.1) is 0 Å². The molecule has 0 fully saturated rings. The first-order valence-electron chi connectivity index (χ1n) is 12.3. The molecule has 41 heavy (non-hydrogen) atoms. The lowest BCUT2D eigenvalue weighted by atomic mass is 10.0. The Balaban J connectivity index is 1.76. The molecule has 3 aromatic rings. The molecule has 0 aliphatic carbocycles. The van der Waals surface area contributed by atoms with Crippen LogP contribution in [0.5, 0.6) is 5.75 Å². The van der Waals surface area contributed by atoms with Gasteiger partial charge in [-0.3, -0.25) is 24.3 Å². The van der Waals surface area contributed by atoms with Crippen molar-refractivity contribution in [1.29, 1.82) is 0 Å². The molecule has 0 bridgehead atoms. The number of aliphatic carboxylic acids is 1. The van der Waals surface area contributed by atoms with E-state index in [0.717, 1.165) is 4.90 Å². The van der Waals surface area contributed by atoms with Gasteiger partial charge in [0.15, 0.2) is 6.17 Å². The van der Waals surface area contributed by atoms with Crippen LogP contribution in [-0.2, 0) is 29.2 Å². The van der Waals surface area contributed by atoms with Crippen LogP contribution < -0.4 is 19.7 Å². The molecule has 3 N–H and O–H groups in total. The van der Waals surface area contributed by atoms with Crippen molar-refractivity contribution in [3.63, 3.8) is 0 Å². The molecule has 13 heteroatoms. The minimum Gasteiger partial charge on any atom is -0.497 e. The smallest absolute Gasteiger partial charge is 0.305 e. The van der Waals surface area contributed by atoms with E-state index in [4.69, 9.17) is 9.84 Å². The summed E-state index contributed by atoms with van der Waals surface area (Å²) in [4.78, 5) is 54.6. The lowest BCUT2D eigenvalue weighted by Gasteiger charge is -2.25. The normalized spacial score (nSPS) is 15.6. The average molecular weight is 579 g/mol. The Bertz CT molecular complexity index is 1590. The van der Waals surface area contributed by atoms with E-state index in [0.29, 0.717) is 22.6 Å². The van der Waals surface area contributed by atoms with Gasteiger partial charge in [-0.1, -0.05) is 48.5 Å². The summed E-state index contributed by atoms with van der Waals surface area (Å²) >= 11 is 0. The van der Waals surface area contributed by atoms with Gasteiger partial charge in [-0.2, -0.15) is 4.72 Å². The number of anilines is 1. The first kappa shape index (κ1) is 29.1. The van der Waals surface area contributed by atoms with E-state index in [1.165, 1.54) is 31.4 Å². The predicted octanol–water partition coefficient (Wildman–Crippen LogP) is 1.34. The number of carbonyl (C=O) groups excluding carboxylic acids is 3. The number of carbonyl (C=O) groups is 4. The van der Waals surface area contributed by atoms with Crippen LogP contribution in [0.25, 0.3) is 0 Å². The number of hydrogen-bond donors (Lipinski definition) is 3. The quantitative estimate of drug-likeness (QED) is 0.286. The number of aldehydes is 1. The summed E-state index contributed by atoms with van der Waals surface area (Å²) in [6.45, 7) is -0.641. The van der Waals surface area contributed by atoms with Crippen LogP contribution in [0.2, 0.25) is 0 Å². The van der Waals surface area contributed by atoms with Gasteiger partial charge in [0, 0.05) is 11.1 Å². The number of sulfonamides is 1. The first-order valence-corrected chi connectivity index (χ1v) is 13.8. The standard InChI is InChI=1S/C28H26N4O8S/c1-40-20-11-13-21(14-12-20)41(38,39)31-27-28(37)32(16-24(34)29-19(17-33)15-25(35)36)23-10-6-5-9-22(23)26(30-27)18-7-3-2-4-8-18/h2-14,17,19,27,31H,15-16H2,1H3,(H,29,34)(H,35,36)/t19-,27?/m0/s1. The van der Waals surface area contributed by atoms with E-state index in [2.05, 4.69) is 15.0 Å². The highest BCUT2D eigenvalue weighted by Crippen LogP contribution is 2.29. The molecular formula is C28H26N4O8S. The fourth-order valence-corrected chi connectivity index (χ4v) is 5.26. The Hall–Kier alpha value is -4.88. The van der Waals surface area contributed by atoms with Crippen molar-refractivity contribution in [3.8, 4) is 5.75 Å². The van der Waals surface area contributed by atoms with Crippen molar-refractivity contribution in [2.24, 2.45) is 4.99 Å². The summed E-state index contributed by atoms with van der Waals surface area (Å²) in [5.74, 6) is -2.56. The monoisotopic (exact) mass is 578 g/mol. The highest BCUT2D eigenvalue weighted by molar-refractivity contribution is 7.89. The molecule has 1 unspecified atom stereocenters. The van der Waals surface area contributed by atoms with Crippen molar-refractivity contribution < 1.29 is 37.4 Å². The summed E-state index contributed by atoms with van der Waals surface area (Å²) in [7, 11) is -2.85. The van der Waals surface area contributed by atoms with Gasteiger partial charge >= 0.3 is 5.97 Å². The summed E-state index contributed by atoms with van der Waals surface area (Å²) < 4.78 is 34.1. The highest BCUT2D eigenvalue weighted by atomic mass is 32.2. The molecule has 2 amide bonds. The highest BCUT2D eigenvalue weighted by Gasteiger charge is 2.36. The second-order valence-corrected chi connectivity index (χ2v) is 10.6. The number of amides is 2. The van der Waals surface area contributed by atoms with Gasteiger partial charge in [0.25, 0.3) is 5.91 Å². The summed E-state index contributed by atoms with van der Waals surface area (Å²) in [5, 5.41) is 11.3. The number of aliphatic imine (C=N–C) groups is 1. The summed E-state index contributed by atoms with van der Waals surface area (Å²) in [5.41, 5.74) is 1.61. The average Bonchev–Trinajstić information content (AvgIpc) is 3.07. The molecule has 12 nitrogen and oxygen atoms in total. The second-order valence-electron chi connectivity index (χ2n) is 8.89. The number of nitrogens with one attached hydrogen (secondary N) is 2. The van der Waals surface area contributed by atoms with E-state index >= 15 is 0 Å². The number of methoxy groups -OCH3 is 1. The molecule has 212 valence electrons. The molecule has 0 radical (unpaired) electrons. The molecule has 2 atom stereocenters. The molecule has 0 saturated carbocycles. The molecule has 3 aromatic carbocycles. The minimum atomic E-state index is -4.29. The maximum Gasteiger partial charge on any atom is 0.305 e. The lowest BCUT2D eigenvalue weighted by molar-refractivity contribution is -0.138. The third kappa shape index (κ3) is 6.83. The van der Waals surface area contributed by atoms with Crippen LogP contribution in [-0.4, -0.2) is 69.2 Å². The second kappa shape index (κ2) is 12.5. The zero-order chi connectivity index (χ0) is 29.6. The molecule has 0 spiro atoms. The molecule has 4 rings (SSSR count). The van der Waals surface area contributed by atoms with Gasteiger partial charge < -0.3 is 20.0 Å². The largest absolute Gasteiger partial charge is 0.497 e. The van der Waals surface area contributed by atoms with E-state index in [-0.39, 0.29) is 16.9 Å². The number of ether oxygens (including phenoxy) is 1. The number of para-hydroxylation sites is 1. The molecule has 1 aliphatic heterocycles. The van der Waals surface area contributed by atoms with Gasteiger partial charge in [0.1, 0.15) is 18.6 Å². The number of carboxylic acid groups (broad SMARTS) is 1. The number of benzodiazepines with no additional fused rings is 1. The maximum atomic E-state index is 13.9. The topological polar surface area (TPSA) is 172 Å². The molecule has 1 heterocycles. The zero-order valence-corrected chi connectivity index (χ0v) is 22.6. The van der Waals surface area contributed by atoms with Gasteiger partial charge in [-0.25, -0.2) is 8.42 Å². The van der Waals surface area contributed by atoms with Crippen LogP contribution in [0.3, 0.4) is 0 Å². The number of fused-ring (bicyclic) bond motifs is 1. The third-order valence-corrected chi connectivity index (χ3v) is 7.53. The Labute approximate surface area is 235 Å². The van der Waals surface area contributed by atoms with E-state index in [1.807, 2.05) is 0 Å². The van der Waals surface area contributed by atoms with Crippen molar-refractivity contribution in [1.82, 2.24) is 10.0 Å². The molecule has 0 aromatic heterocycles. The van der Waals surface area contributed by atoms with Crippen molar-refractivity contribution in [3.05, 3.63) is 90.0 Å². The van der Waals surface area contributed by atoms with Crippen molar-refractivity contribution >= 4 is 45.5 Å². The van der Waals surface area contributed by atoms with Crippen molar-refractivity contribution in [2.75, 3.05) is 18.6 Å². The fourth-order valence-electron chi connectivity index (χ4n) is 4.18. The Kier molecular flexibility index (Phi) is 8.90. The van der Waals surface area contributed by atoms with Gasteiger partial charge in [-0.05, 0) is 30.3 Å². The Morgan fingerprint density at radius 3 is 2.34 bits per heavy atom. The van der Waals surface area contributed by atoms with Crippen LogP contribution >= 0.6 is 0 Å². The predicted molar refractivity (Wildman–Crippen MR) is 148 cm³/mol. The van der Waals surface area contributed by atoms with E-state index < -0.39 is 53.0 Å². The van der Waals surface area contributed by atoms with Gasteiger partial charge in [-0.15, -0.1) is 0 Å². The van der Waals surface area contributed by atoms with Crippen LogP contribution in [0.15, 0.2) is 88.8 Å². The minimum absolute atomic E-state index is 0.142. The van der Waals surface area contributed by atoms with E-state index in [1.54, 1.807) is 54.6 Å². The van der Waals surface area contributed by atoms with Crippen molar-refractivity contribution in [2.45, 2.75) is 23.5 Å². The van der Waals surface area contributed by atoms with Gasteiger partial charge in [0.05, 0.1) is 35.9 Å². The van der Waals surface area contributed by atoms with Gasteiger partial charge in [0.2, 0.25) is 15.9 Å². The fraction of sp³-hybridized carbons (Fsp3) is 0.179. The van der Waals surface area contributed by atoms with E-state index in [9.17, 15) is 27.6 Å². The number of hydrogen-bond acceptors (Lipinski definition) is 8. The molecule has 1 aliphatic rings. The van der Waals surface area contributed by atoms with Crippen LogP contribution in [0.1, 0.15) is 17.5 Å². The summed E-state index contributed by atoms with van der Waals surface area (Å²) in [6.07, 6.45) is -2.05. The zero-order valence-electron chi connectivity index (χ0n) is 21.8. The third-order valence-electron chi connectivity index (χ3n) is 6.10. The number of rotatable bonds is 11. The number of benzene rings is 3. The number of nitrogens with zero attached hydrogens (tertiary/aromatic N) is 2. The summed E-state index contributed by atoms with van der Waals surface area (Å²) in [6, 6.07) is 19.6. The molecular weight excluding hydrogens is 552 g/mol. The Morgan fingerprint density at radius 1 is 1.05 bits per heavy atom. The SMILES string of the molecule is COc1ccc(S(=O)(=O)NC2N=C(c3ccccc3)c3ccccc3N(CC(=O)N[C@H](C=O)CC(=O)O)C2=O)cc1. The first-order chi connectivity index (χ1) is 19.6. The number of carboxylic acids is 1. The maximum absolute atomic E-state index is 13.9. The van der Waals surface area contributed by atoms with Crippen LogP contribution in [0.4, 0.5) is 5.69 Å². The molecule has 0 saturated heterocycles. The lowest BCUT2D eigenvalue weighted by Crippen LogP contribution is -2.51. The Morgan fingerprint density at radius 2 is 1.71 bits per heavy atom.